The molecule has 162 valence electrons. The Bertz CT molecular complexity index is 1070. The summed E-state index contributed by atoms with van der Waals surface area (Å²) in [6.07, 6.45) is -7.91. The van der Waals surface area contributed by atoms with Crippen molar-refractivity contribution in [1.82, 2.24) is 15.2 Å². The molecule has 1 N–H and O–H groups in total. The van der Waals surface area contributed by atoms with Gasteiger partial charge in [-0.2, -0.15) is 23.4 Å². The maximum atomic E-state index is 13.6. The first kappa shape index (κ1) is 21.9. The Labute approximate surface area is 170 Å². The van der Waals surface area contributed by atoms with Crippen LogP contribution in [-0.4, -0.2) is 28.3 Å². The number of para-hydroxylation sites is 1. The first-order chi connectivity index (χ1) is 14.5. The van der Waals surface area contributed by atoms with E-state index in [9.17, 15) is 31.1 Å². The number of nitrogens with zero attached hydrogens (tertiary/aromatic N) is 3. The van der Waals surface area contributed by atoms with Crippen LogP contribution in [0.2, 0.25) is 0 Å². The van der Waals surface area contributed by atoms with Gasteiger partial charge >= 0.3 is 12.5 Å². The van der Waals surface area contributed by atoms with E-state index in [2.05, 4.69) is 14.9 Å². The molecule has 1 heterocycles. The van der Waals surface area contributed by atoms with Gasteiger partial charge in [0.25, 0.3) is 5.91 Å². The summed E-state index contributed by atoms with van der Waals surface area (Å²) < 4.78 is 81.4. The van der Waals surface area contributed by atoms with E-state index >= 15 is 0 Å². The Kier molecular flexibility index (Phi) is 5.99. The number of carbonyl (C=O) groups is 1. The zero-order valence-corrected chi connectivity index (χ0v) is 15.3. The van der Waals surface area contributed by atoms with Gasteiger partial charge in [-0.3, -0.25) is 4.79 Å². The van der Waals surface area contributed by atoms with E-state index in [4.69, 9.17) is 0 Å². The smallest absolute Gasteiger partial charge is 0.406 e. The largest absolute Gasteiger partial charge is 0.573 e. The lowest BCUT2D eigenvalue weighted by atomic mass is 10.2. The van der Waals surface area contributed by atoms with Gasteiger partial charge in [0.2, 0.25) is 0 Å². The standard InChI is InChI=1S/C19H12F6N4O2/c20-18(21,22)16-15(11-27-29(16)13-4-2-1-3-5-13)17(30)28-26-10-12-6-8-14(9-7-12)31-19(23,24)25/h1-11H,(H,28,30)/b26-10+. The molecule has 0 fully saturated rings. The SMILES string of the molecule is O=C(N/N=C/c1ccc(OC(F)(F)F)cc1)c1cnn(-c2ccccc2)c1C(F)(F)F. The average Bonchev–Trinajstić information content (AvgIpc) is 3.15. The van der Waals surface area contributed by atoms with Gasteiger partial charge < -0.3 is 4.74 Å². The number of ether oxygens (including phenoxy) is 1. The fraction of sp³-hybridized carbons (Fsp3) is 0.105. The fourth-order valence-corrected chi connectivity index (χ4v) is 2.53. The van der Waals surface area contributed by atoms with Crippen LogP contribution in [-0.2, 0) is 6.18 Å². The molecule has 0 atom stereocenters. The molecule has 1 amide bonds. The molecule has 3 rings (SSSR count). The van der Waals surface area contributed by atoms with Crippen molar-refractivity contribution in [3.8, 4) is 11.4 Å². The van der Waals surface area contributed by atoms with Gasteiger partial charge in [-0.1, -0.05) is 18.2 Å². The molecule has 0 radical (unpaired) electrons. The molecule has 1 aromatic heterocycles. The van der Waals surface area contributed by atoms with Gasteiger partial charge in [-0.25, -0.2) is 10.1 Å². The van der Waals surface area contributed by atoms with Crippen molar-refractivity contribution in [3.05, 3.63) is 77.6 Å². The number of aromatic nitrogens is 2. The third-order valence-corrected chi connectivity index (χ3v) is 3.78. The van der Waals surface area contributed by atoms with Crippen LogP contribution in [0.25, 0.3) is 5.69 Å². The van der Waals surface area contributed by atoms with Gasteiger partial charge in [0.15, 0.2) is 5.69 Å². The molecule has 0 saturated heterocycles. The number of amides is 1. The minimum atomic E-state index is -4.88. The van der Waals surface area contributed by atoms with E-state index in [1.807, 2.05) is 5.43 Å². The zero-order chi connectivity index (χ0) is 22.6. The van der Waals surface area contributed by atoms with Crippen LogP contribution in [0.15, 0.2) is 65.9 Å². The molecular weight excluding hydrogens is 430 g/mol. The lowest BCUT2D eigenvalue weighted by Crippen LogP contribution is -2.23. The van der Waals surface area contributed by atoms with Crippen molar-refractivity contribution in [1.29, 1.82) is 0 Å². The predicted molar refractivity (Wildman–Crippen MR) is 96.8 cm³/mol. The predicted octanol–water partition coefficient (Wildman–Crippen LogP) is 4.55. The van der Waals surface area contributed by atoms with E-state index in [0.717, 1.165) is 24.5 Å². The van der Waals surface area contributed by atoms with Gasteiger partial charge in [0, 0.05) is 0 Å². The number of hydrogen-bond donors (Lipinski definition) is 1. The van der Waals surface area contributed by atoms with Gasteiger partial charge in [0.1, 0.15) is 5.75 Å². The number of halogens is 6. The Balaban J connectivity index is 1.76. The van der Waals surface area contributed by atoms with Crippen LogP contribution in [0.5, 0.6) is 5.75 Å². The maximum Gasteiger partial charge on any atom is 0.573 e. The van der Waals surface area contributed by atoms with Crippen LogP contribution in [0, 0.1) is 0 Å². The summed E-state index contributed by atoms with van der Waals surface area (Å²) in [7, 11) is 0. The Morgan fingerprint density at radius 1 is 1.00 bits per heavy atom. The van der Waals surface area contributed by atoms with Crippen LogP contribution in [0.3, 0.4) is 0 Å². The molecule has 0 saturated carbocycles. The van der Waals surface area contributed by atoms with Crippen molar-refractivity contribution in [2.24, 2.45) is 5.10 Å². The summed E-state index contributed by atoms with van der Waals surface area (Å²) in [5.74, 6) is -1.63. The molecule has 0 aliphatic rings. The zero-order valence-electron chi connectivity index (χ0n) is 15.3. The summed E-state index contributed by atoms with van der Waals surface area (Å²) >= 11 is 0. The number of alkyl halides is 6. The molecule has 6 nitrogen and oxygen atoms in total. The third-order valence-electron chi connectivity index (χ3n) is 3.78. The van der Waals surface area contributed by atoms with Crippen LogP contribution < -0.4 is 10.2 Å². The van der Waals surface area contributed by atoms with Crippen LogP contribution >= 0.6 is 0 Å². The van der Waals surface area contributed by atoms with Gasteiger partial charge in [-0.05, 0) is 42.0 Å². The molecule has 0 bridgehead atoms. The molecule has 31 heavy (non-hydrogen) atoms. The molecule has 12 heteroatoms. The highest BCUT2D eigenvalue weighted by atomic mass is 19.4. The number of nitrogens with one attached hydrogen (secondary N) is 1. The van der Waals surface area contributed by atoms with E-state index in [-0.39, 0.29) is 11.3 Å². The molecule has 0 aliphatic carbocycles. The summed E-state index contributed by atoms with van der Waals surface area (Å²) in [5.41, 5.74) is 0.297. The monoisotopic (exact) mass is 442 g/mol. The number of benzene rings is 2. The Morgan fingerprint density at radius 2 is 1.65 bits per heavy atom. The first-order valence-electron chi connectivity index (χ1n) is 8.44. The van der Waals surface area contributed by atoms with E-state index in [1.54, 1.807) is 6.07 Å². The summed E-state index contributed by atoms with van der Waals surface area (Å²) in [6.45, 7) is 0. The highest BCUT2D eigenvalue weighted by molar-refractivity contribution is 5.96. The number of carbonyl (C=O) groups excluding carboxylic acids is 1. The summed E-state index contributed by atoms with van der Waals surface area (Å²) in [5, 5.41) is 7.19. The van der Waals surface area contributed by atoms with E-state index in [1.165, 1.54) is 36.4 Å². The number of hydrazone groups is 1. The Hall–Kier alpha value is -3.83. The second-order valence-electron chi connectivity index (χ2n) is 5.97. The summed E-state index contributed by atoms with van der Waals surface area (Å²) in [4.78, 5) is 12.2. The lowest BCUT2D eigenvalue weighted by Gasteiger charge is -2.12. The molecular formula is C19H12F6N4O2. The highest BCUT2D eigenvalue weighted by Gasteiger charge is 2.40. The second-order valence-corrected chi connectivity index (χ2v) is 5.97. The number of hydrogen-bond acceptors (Lipinski definition) is 4. The van der Waals surface area contributed by atoms with Gasteiger partial charge in [-0.15, -0.1) is 13.2 Å². The summed E-state index contributed by atoms with van der Waals surface area (Å²) in [6, 6.07) is 11.9. The third kappa shape index (κ3) is 5.62. The Morgan fingerprint density at radius 3 is 2.23 bits per heavy atom. The number of rotatable bonds is 5. The van der Waals surface area contributed by atoms with Crippen molar-refractivity contribution < 1.29 is 35.9 Å². The molecule has 0 unspecified atom stereocenters. The normalized spacial score (nSPS) is 12.2. The first-order valence-corrected chi connectivity index (χ1v) is 8.44. The quantitative estimate of drug-likeness (QED) is 0.358. The minimum Gasteiger partial charge on any atom is -0.406 e. The maximum absolute atomic E-state index is 13.6. The van der Waals surface area contributed by atoms with Crippen molar-refractivity contribution in [3.63, 3.8) is 0 Å². The van der Waals surface area contributed by atoms with E-state index in [0.29, 0.717) is 4.68 Å². The average molecular weight is 442 g/mol. The van der Waals surface area contributed by atoms with Crippen LogP contribution in [0.1, 0.15) is 21.6 Å². The highest BCUT2D eigenvalue weighted by Crippen LogP contribution is 2.33. The lowest BCUT2D eigenvalue weighted by molar-refractivity contribution is -0.274. The topological polar surface area (TPSA) is 68.5 Å². The molecule has 0 aliphatic heterocycles. The van der Waals surface area contributed by atoms with Crippen molar-refractivity contribution >= 4 is 12.1 Å². The van der Waals surface area contributed by atoms with Crippen molar-refractivity contribution in [2.45, 2.75) is 12.5 Å². The minimum absolute atomic E-state index is 0.110. The van der Waals surface area contributed by atoms with E-state index < -0.39 is 35.5 Å². The van der Waals surface area contributed by atoms with Gasteiger partial charge in [0.05, 0.1) is 23.7 Å². The van der Waals surface area contributed by atoms with Crippen LogP contribution in [0.4, 0.5) is 26.3 Å². The van der Waals surface area contributed by atoms with Crippen molar-refractivity contribution in [2.75, 3.05) is 0 Å². The molecule has 0 spiro atoms. The molecule has 2 aromatic carbocycles. The molecule has 3 aromatic rings. The second kappa shape index (κ2) is 8.50. The fourth-order valence-electron chi connectivity index (χ4n) is 2.53.